The van der Waals surface area contributed by atoms with Crippen LogP contribution in [0.5, 0.6) is 0 Å². The number of rotatable bonds is 6. The number of hydrogen-bond donors (Lipinski definition) is 2. The first-order chi connectivity index (χ1) is 11.2. The molecule has 0 aliphatic heterocycles. The van der Waals surface area contributed by atoms with E-state index < -0.39 is 0 Å². The normalized spacial score (nSPS) is 12.4. The quantitative estimate of drug-likeness (QED) is 0.716. The Labute approximate surface area is 142 Å². The monoisotopic (exact) mass is 346 g/mol. The molecule has 5 nitrogen and oxygen atoms in total. The minimum absolute atomic E-state index is 0.0865. The third kappa shape index (κ3) is 3.56. The molecule has 0 saturated heterocycles. The first kappa shape index (κ1) is 16.0. The van der Waals surface area contributed by atoms with Crippen LogP contribution in [-0.4, -0.2) is 32.9 Å². The Hall–Kier alpha value is -1.86. The van der Waals surface area contributed by atoms with E-state index in [1.807, 2.05) is 31.2 Å². The van der Waals surface area contributed by atoms with Crippen molar-refractivity contribution in [3.63, 3.8) is 0 Å². The van der Waals surface area contributed by atoms with Crippen molar-refractivity contribution < 1.29 is 4.79 Å². The number of fused-ring (bicyclic) bond motifs is 1. The summed E-state index contributed by atoms with van der Waals surface area (Å²) in [5, 5.41) is 3.10. The van der Waals surface area contributed by atoms with Gasteiger partial charge in [-0.05, 0) is 37.5 Å². The number of amides is 1. The van der Waals surface area contributed by atoms with Gasteiger partial charge in [0.2, 0.25) is 0 Å². The lowest BCUT2D eigenvalue weighted by Gasteiger charge is -2.16. The Balaban J connectivity index is 1.85. The van der Waals surface area contributed by atoms with E-state index in [0.717, 1.165) is 34.7 Å². The number of benzene rings is 1. The van der Waals surface area contributed by atoms with Gasteiger partial charge in [-0.2, -0.15) is 11.8 Å². The number of carbonyl (C=O) groups excluding carboxylic acids is 1. The molecule has 0 spiro atoms. The van der Waals surface area contributed by atoms with Gasteiger partial charge >= 0.3 is 0 Å². The highest BCUT2D eigenvalue weighted by molar-refractivity contribution is 7.98. The Morgan fingerprint density at radius 2 is 2.26 bits per heavy atom. The average Bonchev–Trinajstić information content (AvgIpc) is 3.16. The van der Waals surface area contributed by atoms with E-state index in [9.17, 15) is 4.79 Å². The van der Waals surface area contributed by atoms with Gasteiger partial charge in [0.05, 0.1) is 28.3 Å². The number of aromatic amines is 1. The molecule has 0 aliphatic rings. The van der Waals surface area contributed by atoms with Crippen molar-refractivity contribution in [1.29, 1.82) is 0 Å². The molecule has 2 heterocycles. The number of H-pyrrole nitrogens is 1. The number of nitrogens with one attached hydrogen (secondary N) is 2. The van der Waals surface area contributed by atoms with Crippen molar-refractivity contribution in [2.45, 2.75) is 19.4 Å². The zero-order valence-corrected chi connectivity index (χ0v) is 14.6. The van der Waals surface area contributed by atoms with Crippen LogP contribution in [0.3, 0.4) is 0 Å². The summed E-state index contributed by atoms with van der Waals surface area (Å²) in [6.45, 7) is 1.85. The fourth-order valence-electron chi connectivity index (χ4n) is 2.39. The molecule has 7 heteroatoms. The zero-order valence-electron chi connectivity index (χ0n) is 13.0. The lowest BCUT2D eigenvalue weighted by atomic mass is 10.2. The molecule has 23 heavy (non-hydrogen) atoms. The van der Waals surface area contributed by atoms with Gasteiger partial charge < -0.3 is 10.3 Å². The van der Waals surface area contributed by atoms with Crippen LogP contribution in [0.25, 0.3) is 11.0 Å². The van der Waals surface area contributed by atoms with Crippen LogP contribution >= 0.6 is 23.1 Å². The third-order valence-corrected chi connectivity index (χ3v) is 5.18. The highest BCUT2D eigenvalue weighted by atomic mass is 32.2. The molecule has 0 bridgehead atoms. The number of carbonyl (C=O) groups is 1. The summed E-state index contributed by atoms with van der Waals surface area (Å²) < 4.78 is 0. The van der Waals surface area contributed by atoms with Crippen LogP contribution in [0.4, 0.5) is 0 Å². The largest absolute Gasteiger partial charge is 0.341 e. The van der Waals surface area contributed by atoms with Crippen LogP contribution in [0.2, 0.25) is 0 Å². The standard InChI is InChI=1S/C16H18N4OS2/c1-10-14(23-9-17-10)16(21)20-13(7-8-22-2)15-18-11-5-3-4-6-12(11)19-15/h3-6,9,13H,7-8H2,1-2H3,(H,18,19)(H,20,21)/t13-/m0/s1. The molecule has 120 valence electrons. The number of aryl methyl sites for hydroxylation is 1. The second-order valence-corrected chi connectivity index (χ2v) is 7.05. The molecule has 0 unspecified atom stereocenters. The highest BCUT2D eigenvalue weighted by Crippen LogP contribution is 2.21. The minimum Gasteiger partial charge on any atom is -0.341 e. The lowest BCUT2D eigenvalue weighted by Crippen LogP contribution is -2.29. The maximum absolute atomic E-state index is 12.5. The van der Waals surface area contributed by atoms with Gasteiger partial charge in [0.1, 0.15) is 10.7 Å². The Kier molecular flexibility index (Phi) is 4.97. The number of imidazole rings is 1. The van der Waals surface area contributed by atoms with Crippen LogP contribution in [-0.2, 0) is 0 Å². The zero-order chi connectivity index (χ0) is 16.2. The van der Waals surface area contributed by atoms with E-state index in [0.29, 0.717) is 4.88 Å². The van der Waals surface area contributed by atoms with Gasteiger partial charge in [0.15, 0.2) is 0 Å². The summed E-state index contributed by atoms with van der Waals surface area (Å²) in [6.07, 6.45) is 2.88. The van der Waals surface area contributed by atoms with Crippen molar-refractivity contribution >= 4 is 40.0 Å². The Morgan fingerprint density at radius 3 is 2.96 bits per heavy atom. The maximum Gasteiger partial charge on any atom is 0.263 e. The summed E-state index contributed by atoms with van der Waals surface area (Å²) in [4.78, 5) is 25.3. The fraction of sp³-hybridized carbons (Fsp3) is 0.312. The molecule has 1 amide bonds. The minimum atomic E-state index is -0.135. The predicted octanol–water partition coefficient (Wildman–Crippen LogP) is 3.55. The molecule has 0 fully saturated rings. The van der Waals surface area contributed by atoms with Gasteiger partial charge in [-0.3, -0.25) is 4.79 Å². The molecular formula is C16H18N4OS2. The smallest absolute Gasteiger partial charge is 0.263 e. The summed E-state index contributed by atoms with van der Waals surface area (Å²) in [5.41, 5.74) is 4.36. The van der Waals surface area contributed by atoms with Gasteiger partial charge in [-0.25, -0.2) is 9.97 Å². The van der Waals surface area contributed by atoms with Crippen LogP contribution in [0, 0.1) is 6.92 Å². The average molecular weight is 346 g/mol. The number of hydrogen-bond acceptors (Lipinski definition) is 5. The lowest BCUT2D eigenvalue weighted by molar-refractivity contribution is 0.0937. The van der Waals surface area contributed by atoms with Crippen molar-refractivity contribution in [3.8, 4) is 0 Å². The van der Waals surface area contributed by atoms with Crippen LogP contribution in [0.1, 0.15) is 33.7 Å². The first-order valence-electron chi connectivity index (χ1n) is 7.33. The van der Waals surface area contributed by atoms with Crippen molar-refractivity contribution in [3.05, 3.63) is 46.2 Å². The van der Waals surface area contributed by atoms with E-state index in [1.54, 1.807) is 17.3 Å². The Morgan fingerprint density at radius 1 is 1.43 bits per heavy atom. The molecule has 1 aromatic carbocycles. The van der Waals surface area contributed by atoms with Crippen molar-refractivity contribution in [1.82, 2.24) is 20.3 Å². The number of aromatic nitrogens is 3. The molecule has 0 saturated carbocycles. The highest BCUT2D eigenvalue weighted by Gasteiger charge is 2.21. The van der Waals surface area contributed by atoms with E-state index in [4.69, 9.17) is 0 Å². The molecule has 2 N–H and O–H groups in total. The number of para-hydroxylation sites is 2. The van der Waals surface area contributed by atoms with E-state index in [1.165, 1.54) is 11.3 Å². The van der Waals surface area contributed by atoms with Gasteiger partial charge in [0, 0.05) is 0 Å². The summed E-state index contributed by atoms with van der Waals surface area (Å²) in [5.74, 6) is 1.66. The van der Waals surface area contributed by atoms with Crippen molar-refractivity contribution in [2.75, 3.05) is 12.0 Å². The van der Waals surface area contributed by atoms with E-state index >= 15 is 0 Å². The summed E-state index contributed by atoms with van der Waals surface area (Å²) >= 11 is 3.12. The second-order valence-electron chi connectivity index (χ2n) is 5.21. The topological polar surface area (TPSA) is 70.7 Å². The number of thioether (sulfide) groups is 1. The third-order valence-electron chi connectivity index (χ3n) is 3.61. The van der Waals surface area contributed by atoms with Crippen LogP contribution in [0.15, 0.2) is 29.8 Å². The molecular weight excluding hydrogens is 328 g/mol. The molecule has 3 aromatic rings. The van der Waals surface area contributed by atoms with Crippen molar-refractivity contribution in [2.24, 2.45) is 0 Å². The molecule has 2 aromatic heterocycles. The first-order valence-corrected chi connectivity index (χ1v) is 9.61. The van der Waals surface area contributed by atoms with Gasteiger partial charge in [0.25, 0.3) is 5.91 Å². The number of nitrogens with zero attached hydrogens (tertiary/aromatic N) is 2. The van der Waals surface area contributed by atoms with Gasteiger partial charge in [-0.1, -0.05) is 12.1 Å². The fourth-order valence-corrected chi connectivity index (χ4v) is 3.57. The maximum atomic E-state index is 12.5. The Bertz CT molecular complexity index is 778. The molecule has 0 radical (unpaired) electrons. The predicted molar refractivity (Wildman–Crippen MR) is 96.2 cm³/mol. The van der Waals surface area contributed by atoms with Gasteiger partial charge in [-0.15, -0.1) is 11.3 Å². The SMILES string of the molecule is CSCC[C@H](NC(=O)c1scnc1C)c1nc2ccccc2[nH]1. The summed E-state index contributed by atoms with van der Waals surface area (Å²) in [7, 11) is 0. The molecule has 3 rings (SSSR count). The second kappa shape index (κ2) is 7.14. The number of thiazole rings is 1. The van der Waals surface area contributed by atoms with E-state index in [2.05, 4.69) is 26.5 Å². The van der Waals surface area contributed by atoms with E-state index in [-0.39, 0.29) is 11.9 Å². The molecule has 1 atom stereocenters. The molecule has 0 aliphatic carbocycles. The summed E-state index contributed by atoms with van der Waals surface area (Å²) in [6, 6.07) is 7.76. The van der Waals surface area contributed by atoms with Crippen LogP contribution < -0.4 is 5.32 Å².